The quantitative estimate of drug-likeness (QED) is 0.460. The minimum absolute atomic E-state index is 0.0975. The van der Waals surface area contributed by atoms with Gasteiger partial charge in [0, 0.05) is 6.08 Å². The van der Waals surface area contributed by atoms with Gasteiger partial charge in [-0.2, -0.15) is 0 Å². The molecule has 0 aromatic heterocycles. The van der Waals surface area contributed by atoms with Crippen LogP contribution in [0.1, 0.15) is 27.7 Å². The van der Waals surface area contributed by atoms with Crippen LogP contribution < -0.4 is 0 Å². The predicted molar refractivity (Wildman–Crippen MR) is 102 cm³/mol. The van der Waals surface area contributed by atoms with Crippen molar-refractivity contribution in [1.82, 2.24) is 0 Å². The van der Waals surface area contributed by atoms with E-state index in [1.54, 1.807) is 33.8 Å². The van der Waals surface area contributed by atoms with Crippen LogP contribution in [-0.4, -0.2) is 69.5 Å². The molecule has 5 atom stereocenters. The maximum atomic E-state index is 13.1. The third-order valence-corrected chi connectivity index (χ3v) is 5.54. The first-order chi connectivity index (χ1) is 14.0. The summed E-state index contributed by atoms with van der Waals surface area (Å²) in [6.45, 7) is 6.25. The maximum Gasteiger partial charge on any atom is 0.336 e. The molecular weight excluding hydrogens is 396 g/mol. The normalized spacial score (nSPS) is 35.3. The van der Waals surface area contributed by atoms with E-state index in [1.165, 1.54) is 12.2 Å². The second kappa shape index (κ2) is 8.09. The predicted octanol–water partition coefficient (Wildman–Crippen LogP) is -0.000800. The third-order valence-electron chi connectivity index (χ3n) is 5.54. The summed E-state index contributed by atoms with van der Waals surface area (Å²) in [5, 5.41) is 39.3. The number of esters is 1. The molecule has 2 heterocycles. The van der Waals surface area contributed by atoms with E-state index in [2.05, 4.69) is 0 Å². The van der Waals surface area contributed by atoms with Crippen LogP contribution in [0.5, 0.6) is 0 Å². The SMILES string of the molecule is CC1=CC(=O)O/C1=C\C1=C(C)C=C(O[C@@H]2O[C@H](CO)[C@@H](O)[C@H](O)[C@H]2O)C(=O)C1(C)C. The second-order valence-electron chi connectivity index (χ2n) is 8.13. The number of ether oxygens (including phenoxy) is 3. The monoisotopic (exact) mass is 422 g/mol. The van der Waals surface area contributed by atoms with Crippen LogP contribution in [0.15, 0.2) is 46.5 Å². The Hall–Kier alpha value is -2.30. The van der Waals surface area contributed by atoms with E-state index in [1.807, 2.05) is 0 Å². The number of carbonyl (C=O) groups excluding carboxylic acids is 2. The minimum atomic E-state index is -1.63. The molecule has 2 aliphatic heterocycles. The first kappa shape index (κ1) is 22.4. The third kappa shape index (κ3) is 3.86. The zero-order valence-electron chi connectivity index (χ0n) is 17.2. The highest BCUT2D eigenvalue weighted by molar-refractivity contribution is 6.02. The van der Waals surface area contributed by atoms with Gasteiger partial charge in [0.05, 0.1) is 12.0 Å². The summed E-state index contributed by atoms with van der Waals surface area (Å²) in [6.07, 6.45) is -2.90. The fourth-order valence-electron chi connectivity index (χ4n) is 3.68. The molecule has 0 unspecified atom stereocenters. The zero-order chi connectivity index (χ0) is 22.4. The van der Waals surface area contributed by atoms with E-state index in [0.717, 1.165) is 0 Å². The average Bonchev–Trinajstić information content (AvgIpc) is 3.00. The van der Waals surface area contributed by atoms with Crippen molar-refractivity contribution in [1.29, 1.82) is 0 Å². The summed E-state index contributed by atoms with van der Waals surface area (Å²) in [5.74, 6) is -0.622. The molecule has 1 aliphatic carbocycles. The van der Waals surface area contributed by atoms with E-state index in [0.29, 0.717) is 22.5 Å². The van der Waals surface area contributed by atoms with E-state index in [9.17, 15) is 30.0 Å². The van der Waals surface area contributed by atoms with Crippen molar-refractivity contribution in [2.24, 2.45) is 5.41 Å². The summed E-state index contributed by atoms with van der Waals surface area (Å²) in [7, 11) is 0. The van der Waals surface area contributed by atoms with Crippen LogP contribution in [-0.2, 0) is 23.8 Å². The Bertz CT molecular complexity index is 875. The number of aliphatic hydroxyl groups is 4. The van der Waals surface area contributed by atoms with Gasteiger partial charge in [-0.1, -0.05) is 0 Å². The van der Waals surface area contributed by atoms with Crippen LogP contribution in [0, 0.1) is 5.41 Å². The van der Waals surface area contributed by atoms with Gasteiger partial charge in [-0.15, -0.1) is 0 Å². The van der Waals surface area contributed by atoms with Gasteiger partial charge >= 0.3 is 5.97 Å². The molecule has 3 aliphatic rings. The number of aliphatic hydroxyl groups excluding tert-OH is 4. The Morgan fingerprint density at radius 1 is 1.10 bits per heavy atom. The second-order valence-corrected chi connectivity index (χ2v) is 8.13. The van der Waals surface area contributed by atoms with Crippen molar-refractivity contribution in [3.63, 3.8) is 0 Å². The zero-order valence-corrected chi connectivity index (χ0v) is 17.2. The average molecular weight is 422 g/mol. The Balaban J connectivity index is 1.91. The standard InChI is InChI=1S/C21H26O9/c1-9-5-13(29-20-18(26)17(25)16(24)14(8-22)30-20)19(27)21(3,4)11(9)7-12-10(2)6-15(23)28-12/h5-7,14,16-18,20,22,24-26H,8H2,1-4H3/b12-7-/t14-,16-,17+,18-,20-/m1/s1. The fourth-order valence-corrected chi connectivity index (χ4v) is 3.68. The van der Waals surface area contributed by atoms with Crippen molar-refractivity contribution >= 4 is 11.8 Å². The molecular formula is C21H26O9. The number of ketones is 1. The van der Waals surface area contributed by atoms with E-state index < -0.39 is 54.5 Å². The summed E-state index contributed by atoms with van der Waals surface area (Å²) in [6, 6.07) is 0. The van der Waals surface area contributed by atoms with E-state index in [4.69, 9.17) is 14.2 Å². The molecule has 1 saturated heterocycles. The Labute approximate surface area is 173 Å². The Kier molecular flexibility index (Phi) is 6.03. The molecule has 0 aromatic carbocycles. The molecule has 4 N–H and O–H groups in total. The van der Waals surface area contributed by atoms with Gasteiger partial charge in [-0.3, -0.25) is 4.79 Å². The molecule has 164 valence electrons. The molecule has 0 saturated carbocycles. The lowest BCUT2D eigenvalue weighted by Crippen LogP contribution is -2.59. The topological polar surface area (TPSA) is 143 Å². The van der Waals surface area contributed by atoms with Crippen molar-refractivity contribution < 1.29 is 44.2 Å². The van der Waals surface area contributed by atoms with E-state index in [-0.39, 0.29) is 5.76 Å². The highest BCUT2D eigenvalue weighted by Crippen LogP contribution is 2.40. The molecule has 1 fully saturated rings. The maximum absolute atomic E-state index is 13.1. The van der Waals surface area contributed by atoms with Gasteiger partial charge < -0.3 is 34.6 Å². The molecule has 3 rings (SSSR count). The van der Waals surface area contributed by atoms with Gasteiger partial charge in [0.15, 0.2) is 5.76 Å². The Morgan fingerprint density at radius 2 is 1.77 bits per heavy atom. The van der Waals surface area contributed by atoms with Crippen molar-refractivity contribution in [2.75, 3.05) is 6.61 Å². The summed E-state index contributed by atoms with van der Waals surface area (Å²) < 4.78 is 16.1. The molecule has 0 spiro atoms. The summed E-state index contributed by atoms with van der Waals surface area (Å²) in [5.41, 5.74) is 0.898. The molecule has 0 bridgehead atoms. The van der Waals surface area contributed by atoms with Crippen LogP contribution in [0.3, 0.4) is 0 Å². The molecule has 0 radical (unpaired) electrons. The van der Waals surface area contributed by atoms with E-state index >= 15 is 0 Å². The van der Waals surface area contributed by atoms with Gasteiger partial charge in [0.2, 0.25) is 12.1 Å². The van der Waals surface area contributed by atoms with Crippen LogP contribution in [0.2, 0.25) is 0 Å². The molecule has 9 nitrogen and oxygen atoms in total. The lowest BCUT2D eigenvalue weighted by Gasteiger charge is -2.40. The number of hydrogen-bond acceptors (Lipinski definition) is 9. The summed E-state index contributed by atoms with van der Waals surface area (Å²) in [4.78, 5) is 24.6. The van der Waals surface area contributed by atoms with Gasteiger partial charge in [-0.05, 0) is 56.6 Å². The largest absolute Gasteiger partial charge is 0.458 e. The smallest absolute Gasteiger partial charge is 0.336 e. The number of Topliss-reactive ketones (excluding diaryl/α,β-unsaturated/α-hetero) is 1. The molecule has 0 amide bonds. The van der Waals surface area contributed by atoms with Crippen molar-refractivity contribution in [2.45, 2.75) is 58.4 Å². The number of cyclic esters (lactones) is 1. The number of carbonyl (C=O) groups is 2. The molecule has 9 heteroatoms. The van der Waals surface area contributed by atoms with Gasteiger partial charge in [0.1, 0.15) is 30.2 Å². The minimum Gasteiger partial charge on any atom is -0.458 e. The first-order valence-corrected chi connectivity index (χ1v) is 9.54. The molecule has 30 heavy (non-hydrogen) atoms. The van der Waals surface area contributed by atoms with Crippen LogP contribution in [0.25, 0.3) is 0 Å². The van der Waals surface area contributed by atoms with Crippen molar-refractivity contribution in [3.05, 3.63) is 46.5 Å². The van der Waals surface area contributed by atoms with Gasteiger partial charge in [0.25, 0.3) is 0 Å². The lowest BCUT2D eigenvalue weighted by atomic mass is 9.73. The molecule has 0 aromatic rings. The number of rotatable bonds is 4. The number of hydrogen-bond donors (Lipinski definition) is 4. The van der Waals surface area contributed by atoms with Crippen LogP contribution >= 0.6 is 0 Å². The first-order valence-electron chi connectivity index (χ1n) is 9.54. The summed E-state index contributed by atoms with van der Waals surface area (Å²) >= 11 is 0. The highest BCUT2D eigenvalue weighted by atomic mass is 16.7. The van der Waals surface area contributed by atoms with Gasteiger partial charge in [-0.25, -0.2) is 4.79 Å². The van der Waals surface area contributed by atoms with Crippen molar-refractivity contribution in [3.8, 4) is 0 Å². The number of allylic oxidation sites excluding steroid dienone is 6. The lowest BCUT2D eigenvalue weighted by molar-refractivity contribution is -0.291. The van der Waals surface area contributed by atoms with Crippen LogP contribution in [0.4, 0.5) is 0 Å². The fraction of sp³-hybridized carbons (Fsp3) is 0.524. The highest BCUT2D eigenvalue weighted by Gasteiger charge is 2.47. The Morgan fingerprint density at radius 3 is 2.33 bits per heavy atom.